The molecule has 0 heterocycles. The van der Waals surface area contributed by atoms with Crippen molar-refractivity contribution >= 4 is 11.9 Å². The monoisotopic (exact) mass is 402 g/mol. The fraction of sp³-hybridized carbons (Fsp3) is 0.200. The van der Waals surface area contributed by atoms with Gasteiger partial charge in [0.25, 0.3) is 0 Å². The lowest BCUT2D eigenvalue weighted by atomic mass is 9.79. The van der Waals surface area contributed by atoms with Gasteiger partial charge < -0.3 is 16.2 Å². The average molecular weight is 402 g/mol. The highest BCUT2D eigenvalue weighted by molar-refractivity contribution is 5.79. The summed E-state index contributed by atoms with van der Waals surface area (Å²) in [7, 11) is 0. The highest BCUT2D eigenvalue weighted by Gasteiger charge is 2.41. The van der Waals surface area contributed by atoms with E-state index in [1.54, 1.807) is 0 Å². The van der Waals surface area contributed by atoms with E-state index in [0.717, 1.165) is 22.3 Å². The number of esters is 1. The summed E-state index contributed by atoms with van der Waals surface area (Å²) in [6.45, 7) is 2.00. The van der Waals surface area contributed by atoms with E-state index in [1.165, 1.54) is 0 Å². The van der Waals surface area contributed by atoms with E-state index in [2.05, 4.69) is 0 Å². The van der Waals surface area contributed by atoms with Gasteiger partial charge in [0.15, 0.2) is 5.60 Å². The molecule has 0 saturated heterocycles. The third-order valence-corrected chi connectivity index (χ3v) is 5.08. The summed E-state index contributed by atoms with van der Waals surface area (Å²) in [4.78, 5) is 24.2. The molecule has 3 rings (SSSR count). The average Bonchev–Trinajstić information content (AvgIpc) is 2.77. The van der Waals surface area contributed by atoms with Crippen LogP contribution in [0.4, 0.5) is 0 Å². The summed E-state index contributed by atoms with van der Waals surface area (Å²) in [5.41, 5.74) is 13.6. The molecular formula is C25H26N2O3. The van der Waals surface area contributed by atoms with E-state index in [1.807, 2.05) is 91.9 Å². The molecule has 4 N–H and O–H groups in total. The first-order chi connectivity index (χ1) is 14.4. The zero-order valence-corrected chi connectivity index (χ0v) is 17.0. The topological polar surface area (TPSA) is 95.4 Å². The fourth-order valence-corrected chi connectivity index (χ4v) is 3.45. The lowest BCUT2D eigenvalue weighted by molar-refractivity contribution is -0.155. The molecule has 154 valence electrons. The van der Waals surface area contributed by atoms with Crippen LogP contribution in [0, 0.1) is 6.92 Å². The number of carbonyl (C=O) groups excluding carboxylic acids is 2. The molecule has 5 heteroatoms. The second kappa shape index (κ2) is 9.37. The Morgan fingerprint density at radius 2 is 1.30 bits per heavy atom. The summed E-state index contributed by atoms with van der Waals surface area (Å²) in [5, 5.41) is 0. The van der Waals surface area contributed by atoms with Gasteiger partial charge >= 0.3 is 5.97 Å². The molecule has 0 radical (unpaired) electrons. The molecular weight excluding hydrogens is 376 g/mol. The lowest BCUT2D eigenvalue weighted by Crippen LogP contribution is -2.42. The first kappa shape index (κ1) is 21.3. The number of ether oxygens (including phenoxy) is 1. The Morgan fingerprint density at radius 1 is 0.833 bits per heavy atom. The standard InChI is InChI=1S/C25H26N2O3/c1-18-12-14-21(15-13-18)25(19-8-4-2-5-9-19,20-10-6-3-7-11-20)30-24(29)22(26)16-17-23(27)28/h2-15,22H,16-17,26H2,1H3,(H2,27,28)/t22-/m1/s1. The van der Waals surface area contributed by atoms with Crippen molar-refractivity contribution in [1.82, 2.24) is 0 Å². The minimum Gasteiger partial charge on any atom is -0.443 e. The van der Waals surface area contributed by atoms with Crippen molar-refractivity contribution in [2.45, 2.75) is 31.4 Å². The molecule has 0 aliphatic heterocycles. The van der Waals surface area contributed by atoms with Gasteiger partial charge in [-0.1, -0.05) is 90.5 Å². The number of hydrogen-bond donors (Lipinski definition) is 2. The zero-order valence-electron chi connectivity index (χ0n) is 17.0. The van der Waals surface area contributed by atoms with E-state index in [9.17, 15) is 9.59 Å². The van der Waals surface area contributed by atoms with Crippen LogP contribution in [-0.4, -0.2) is 17.9 Å². The maximum Gasteiger partial charge on any atom is 0.324 e. The lowest BCUT2D eigenvalue weighted by Gasteiger charge is -2.36. The van der Waals surface area contributed by atoms with Gasteiger partial charge in [0, 0.05) is 23.1 Å². The number of nitrogens with two attached hydrogens (primary N) is 2. The van der Waals surface area contributed by atoms with Crippen LogP contribution in [0.3, 0.4) is 0 Å². The quantitative estimate of drug-likeness (QED) is 0.446. The van der Waals surface area contributed by atoms with E-state index < -0.39 is 23.5 Å². The highest BCUT2D eigenvalue weighted by Crippen LogP contribution is 2.41. The first-order valence-electron chi connectivity index (χ1n) is 9.88. The van der Waals surface area contributed by atoms with E-state index in [0.29, 0.717) is 0 Å². The third kappa shape index (κ3) is 4.58. The van der Waals surface area contributed by atoms with Crippen molar-refractivity contribution in [2.24, 2.45) is 11.5 Å². The predicted molar refractivity (Wildman–Crippen MR) is 116 cm³/mol. The van der Waals surface area contributed by atoms with E-state index >= 15 is 0 Å². The van der Waals surface area contributed by atoms with Crippen molar-refractivity contribution in [3.63, 3.8) is 0 Å². The minimum absolute atomic E-state index is 0.0183. The Hall–Kier alpha value is -3.44. The zero-order chi connectivity index (χ0) is 21.6. The third-order valence-electron chi connectivity index (χ3n) is 5.08. The minimum atomic E-state index is -1.18. The molecule has 0 aliphatic rings. The number of rotatable bonds is 8. The molecule has 0 bridgehead atoms. The number of aryl methyl sites for hydroxylation is 1. The van der Waals surface area contributed by atoms with Gasteiger partial charge in [0.05, 0.1) is 0 Å². The summed E-state index contributed by atoms with van der Waals surface area (Å²) in [5.74, 6) is -1.10. The Morgan fingerprint density at radius 3 is 1.77 bits per heavy atom. The number of carbonyl (C=O) groups is 2. The Bertz CT molecular complexity index is 946. The first-order valence-corrected chi connectivity index (χ1v) is 9.88. The van der Waals surface area contributed by atoms with Crippen molar-refractivity contribution in [3.8, 4) is 0 Å². The Labute approximate surface area is 176 Å². The molecule has 0 unspecified atom stereocenters. The van der Waals surface area contributed by atoms with Crippen molar-refractivity contribution in [2.75, 3.05) is 0 Å². The molecule has 0 fully saturated rings. The highest BCUT2D eigenvalue weighted by atomic mass is 16.6. The molecule has 3 aromatic carbocycles. The van der Waals surface area contributed by atoms with Crippen LogP contribution in [0.2, 0.25) is 0 Å². The van der Waals surface area contributed by atoms with E-state index in [-0.39, 0.29) is 12.8 Å². The van der Waals surface area contributed by atoms with Gasteiger partial charge in [-0.25, -0.2) is 0 Å². The van der Waals surface area contributed by atoms with Crippen molar-refractivity contribution in [3.05, 3.63) is 107 Å². The largest absolute Gasteiger partial charge is 0.443 e. The Kier molecular flexibility index (Phi) is 6.65. The number of hydrogen-bond acceptors (Lipinski definition) is 4. The van der Waals surface area contributed by atoms with Gasteiger partial charge in [-0.05, 0) is 13.3 Å². The second-order valence-corrected chi connectivity index (χ2v) is 7.31. The number of primary amides is 1. The normalized spacial score (nSPS) is 12.2. The Balaban J connectivity index is 2.15. The van der Waals surface area contributed by atoms with Crippen LogP contribution in [-0.2, 0) is 19.9 Å². The number of benzene rings is 3. The molecule has 3 aromatic rings. The molecule has 0 aliphatic carbocycles. The fourth-order valence-electron chi connectivity index (χ4n) is 3.45. The summed E-state index contributed by atoms with van der Waals surface area (Å²) < 4.78 is 6.21. The van der Waals surface area contributed by atoms with Gasteiger partial charge in [-0.2, -0.15) is 0 Å². The van der Waals surface area contributed by atoms with Gasteiger partial charge in [0.2, 0.25) is 5.91 Å². The molecule has 30 heavy (non-hydrogen) atoms. The smallest absolute Gasteiger partial charge is 0.324 e. The SMILES string of the molecule is Cc1ccc(C(OC(=O)[C@H](N)CCC(N)=O)(c2ccccc2)c2ccccc2)cc1. The molecule has 0 aromatic heterocycles. The second-order valence-electron chi connectivity index (χ2n) is 7.31. The summed E-state index contributed by atoms with van der Waals surface area (Å²) >= 11 is 0. The van der Waals surface area contributed by atoms with Crippen LogP contribution in [0.25, 0.3) is 0 Å². The summed E-state index contributed by atoms with van der Waals surface area (Å²) in [6, 6.07) is 26.1. The van der Waals surface area contributed by atoms with Gasteiger partial charge in [0.1, 0.15) is 6.04 Å². The molecule has 0 spiro atoms. The van der Waals surface area contributed by atoms with Crippen LogP contribution >= 0.6 is 0 Å². The maximum atomic E-state index is 13.1. The van der Waals surface area contributed by atoms with Gasteiger partial charge in [-0.15, -0.1) is 0 Å². The van der Waals surface area contributed by atoms with E-state index in [4.69, 9.17) is 16.2 Å². The van der Waals surface area contributed by atoms with Crippen LogP contribution < -0.4 is 11.5 Å². The van der Waals surface area contributed by atoms with Crippen LogP contribution in [0.1, 0.15) is 35.1 Å². The molecule has 5 nitrogen and oxygen atoms in total. The predicted octanol–water partition coefficient (Wildman–Crippen LogP) is 3.42. The van der Waals surface area contributed by atoms with Crippen LogP contribution in [0.15, 0.2) is 84.9 Å². The molecule has 0 saturated carbocycles. The van der Waals surface area contributed by atoms with Gasteiger partial charge in [-0.3, -0.25) is 9.59 Å². The number of amides is 1. The van der Waals surface area contributed by atoms with Crippen molar-refractivity contribution < 1.29 is 14.3 Å². The molecule has 1 amide bonds. The van der Waals surface area contributed by atoms with Crippen molar-refractivity contribution in [1.29, 1.82) is 0 Å². The molecule has 1 atom stereocenters. The van der Waals surface area contributed by atoms with Crippen LogP contribution in [0.5, 0.6) is 0 Å². The summed E-state index contributed by atoms with van der Waals surface area (Å²) in [6.07, 6.45) is 0.145. The maximum absolute atomic E-state index is 13.1.